The number of unbranched alkanes of at least 4 members (excludes halogenated alkanes) is 1. The number of H-pyrrole nitrogens is 1. The van der Waals surface area contributed by atoms with Crippen molar-refractivity contribution in [2.45, 2.75) is 19.3 Å². The molecular formula is C22H22FN3O. The second kappa shape index (κ2) is 7.37. The Morgan fingerprint density at radius 2 is 2.00 bits per heavy atom. The SMILES string of the molecule is COc1ccc(-c2[nH]c3ccc(F)cc3c2CCCCN)c2cccnc12. The minimum Gasteiger partial charge on any atom is -0.494 e. The molecule has 2 aromatic heterocycles. The molecule has 4 rings (SSSR count). The van der Waals surface area contributed by atoms with E-state index in [1.807, 2.05) is 24.3 Å². The number of ether oxygens (including phenoxy) is 1. The Labute approximate surface area is 157 Å². The van der Waals surface area contributed by atoms with Crippen LogP contribution >= 0.6 is 0 Å². The van der Waals surface area contributed by atoms with E-state index in [2.05, 4.69) is 9.97 Å². The number of hydrogen-bond donors (Lipinski definition) is 2. The number of hydrogen-bond acceptors (Lipinski definition) is 3. The topological polar surface area (TPSA) is 63.9 Å². The number of benzene rings is 2. The van der Waals surface area contributed by atoms with Gasteiger partial charge in [0.05, 0.1) is 12.8 Å². The number of methoxy groups -OCH3 is 1. The van der Waals surface area contributed by atoms with Gasteiger partial charge in [-0.05, 0) is 67.8 Å². The van der Waals surface area contributed by atoms with Crippen molar-refractivity contribution in [3.05, 3.63) is 60.0 Å². The van der Waals surface area contributed by atoms with Crippen molar-refractivity contribution in [2.75, 3.05) is 13.7 Å². The quantitative estimate of drug-likeness (QED) is 0.483. The first-order valence-electron chi connectivity index (χ1n) is 9.15. The standard InChI is InChI=1S/C22H22FN3O/c1-27-20-10-8-17(15-6-4-12-25-22(15)20)21-16(5-2-3-11-24)18-13-14(23)7-9-19(18)26-21/h4,6-10,12-13,26H,2-3,5,11,24H2,1H3. The zero-order chi connectivity index (χ0) is 18.8. The Balaban J connectivity index is 1.96. The van der Waals surface area contributed by atoms with Gasteiger partial charge in [-0.25, -0.2) is 4.39 Å². The molecule has 0 bridgehead atoms. The molecule has 2 heterocycles. The molecule has 0 aliphatic heterocycles. The third kappa shape index (κ3) is 3.15. The van der Waals surface area contributed by atoms with Crippen LogP contribution in [0.4, 0.5) is 4.39 Å². The maximum absolute atomic E-state index is 13.9. The first-order chi connectivity index (χ1) is 13.2. The number of nitrogens with zero attached hydrogens (tertiary/aromatic N) is 1. The number of fused-ring (bicyclic) bond motifs is 2. The van der Waals surface area contributed by atoms with E-state index in [1.54, 1.807) is 25.4 Å². The summed E-state index contributed by atoms with van der Waals surface area (Å²) in [6.07, 6.45) is 4.49. The van der Waals surface area contributed by atoms with Crippen molar-refractivity contribution in [1.82, 2.24) is 9.97 Å². The highest BCUT2D eigenvalue weighted by molar-refractivity contribution is 6.01. The van der Waals surface area contributed by atoms with Gasteiger partial charge in [0, 0.05) is 28.0 Å². The number of nitrogens with one attached hydrogen (secondary N) is 1. The Morgan fingerprint density at radius 1 is 1.11 bits per heavy atom. The summed E-state index contributed by atoms with van der Waals surface area (Å²) in [5.74, 6) is 0.510. The fourth-order valence-electron chi connectivity index (χ4n) is 3.69. The molecule has 5 heteroatoms. The van der Waals surface area contributed by atoms with Gasteiger partial charge in [-0.15, -0.1) is 0 Å². The predicted octanol–water partition coefficient (Wildman–Crippen LogP) is 4.81. The molecule has 0 atom stereocenters. The van der Waals surface area contributed by atoms with Gasteiger partial charge < -0.3 is 15.5 Å². The van der Waals surface area contributed by atoms with Gasteiger partial charge in [-0.2, -0.15) is 0 Å². The third-order valence-corrected chi connectivity index (χ3v) is 4.97. The largest absolute Gasteiger partial charge is 0.494 e. The Morgan fingerprint density at radius 3 is 2.81 bits per heavy atom. The normalized spacial score (nSPS) is 11.4. The molecule has 0 unspecified atom stereocenters. The lowest BCUT2D eigenvalue weighted by atomic mass is 9.97. The fourth-order valence-corrected chi connectivity index (χ4v) is 3.69. The molecule has 4 nitrogen and oxygen atoms in total. The van der Waals surface area contributed by atoms with Crippen molar-refractivity contribution >= 4 is 21.8 Å². The minimum absolute atomic E-state index is 0.227. The van der Waals surface area contributed by atoms with Gasteiger partial charge >= 0.3 is 0 Å². The highest BCUT2D eigenvalue weighted by Gasteiger charge is 2.17. The molecule has 138 valence electrons. The summed E-state index contributed by atoms with van der Waals surface area (Å²) >= 11 is 0. The van der Waals surface area contributed by atoms with Crippen LogP contribution in [0, 0.1) is 5.82 Å². The Hall–Kier alpha value is -2.92. The van der Waals surface area contributed by atoms with E-state index >= 15 is 0 Å². The molecule has 0 fully saturated rings. The van der Waals surface area contributed by atoms with Gasteiger partial charge in [0.2, 0.25) is 0 Å². The fraction of sp³-hybridized carbons (Fsp3) is 0.227. The van der Waals surface area contributed by atoms with E-state index in [1.165, 1.54) is 6.07 Å². The summed E-state index contributed by atoms with van der Waals surface area (Å²) in [6, 6.07) is 12.8. The maximum Gasteiger partial charge on any atom is 0.145 e. The first-order valence-corrected chi connectivity index (χ1v) is 9.15. The average Bonchev–Trinajstić information content (AvgIpc) is 3.05. The lowest BCUT2D eigenvalue weighted by molar-refractivity contribution is 0.419. The van der Waals surface area contributed by atoms with Crippen molar-refractivity contribution in [3.63, 3.8) is 0 Å². The Kier molecular flexibility index (Phi) is 4.77. The summed E-state index contributed by atoms with van der Waals surface area (Å²) in [7, 11) is 1.65. The van der Waals surface area contributed by atoms with Crippen LogP contribution in [0.25, 0.3) is 33.1 Å². The van der Waals surface area contributed by atoms with Crippen LogP contribution in [-0.2, 0) is 6.42 Å². The van der Waals surface area contributed by atoms with Crippen LogP contribution in [0.1, 0.15) is 18.4 Å². The van der Waals surface area contributed by atoms with E-state index in [4.69, 9.17) is 10.5 Å². The second-order valence-corrected chi connectivity index (χ2v) is 6.63. The van der Waals surface area contributed by atoms with E-state index < -0.39 is 0 Å². The molecule has 4 aromatic rings. The van der Waals surface area contributed by atoms with Gasteiger partial charge in [-0.1, -0.05) is 6.07 Å². The second-order valence-electron chi connectivity index (χ2n) is 6.63. The van der Waals surface area contributed by atoms with Crippen LogP contribution in [0.15, 0.2) is 48.7 Å². The van der Waals surface area contributed by atoms with Gasteiger partial charge in [0.25, 0.3) is 0 Å². The van der Waals surface area contributed by atoms with Crippen LogP contribution < -0.4 is 10.5 Å². The van der Waals surface area contributed by atoms with Gasteiger partial charge in [-0.3, -0.25) is 4.98 Å². The summed E-state index contributed by atoms with van der Waals surface area (Å²) in [6.45, 7) is 0.654. The number of pyridine rings is 1. The number of aryl methyl sites for hydroxylation is 1. The van der Waals surface area contributed by atoms with E-state index in [0.29, 0.717) is 6.54 Å². The van der Waals surface area contributed by atoms with E-state index in [-0.39, 0.29) is 5.82 Å². The average molecular weight is 363 g/mol. The number of aromatic amines is 1. The van der Waals surface area contributed by atoms with E-state index in [9.17, 15) is 4.39 Å². The molecule has 0 spiro atoms. The molecule has 0 saturated carbocycles. The number of aromatic nitrogens is 2. The summed E-state index contributed by atoms with van der Waals surface area (Å²) in [4.78, 5) is 7.99. The molecule has 3 N–H and O–H groups in total. The van der Waals surface area contributed by atoms with Crippen LogP contribution in [0.5, 0.6) is 5.75 Å². The third-order valence-electron chi connectivity index (χ3n) is 4.97. The summed E-state index contributed by atoms with van der Waals surface area (Å²) in [5, 5.41) is 1.93. The lowest BCUT2D eigenvalue weighted by Crippen LogP contribution is -1.99. The van der Waals surface area contributed by atoms with Gasteiger partial charge in [0.15, 0.2) is 0 Å². The molecule has 0 amide bonds. The summed E-state index contributed by atoms with van der Waals surface area (Å²) < 4.78 is 19.4. The monoisotopic (exact) mass is 363 g/mol. The number of rotatable bonds is 6. The molecule has 0 radical (unpaired) electrons. The number of halogens is 1. The minimum atomic E-state index is -0.227. The molecule has 0 saturated heterocycles. The summed E-state index contributed by atoms with van der Waals surface area (Å²) in [5.41, 5.74) is 10.6. The van der Waals surface area contributed by atoms with Crippen molar-refractivity contribution < 1.29 is 9.13 Å². The Bertz CT molecular complexity index is 1100. The predicted molar refractivity (Wildman–Crippen MR) is 108 cm³/mol. The highest BCUT2D eigenvalue weighted by atomic mass is 19.1. The van der Waals surface area contributed by atoms with Crippen LogP contribution in [-0.4, -0.2) is 23.6 Å². The van der Waals surface area contributed by atoms with E-state index in [0.717, 1.165) is 63.6 Å². The molecule has 0 aliphatic carbocycles. The molecular weight excluding hydrogens is 341 g/mol. The molecule has 27 heavy (non-hydrogen) atoms. The zero-order valence-electron chi connectivity index (χ0n) is 15.3. The van der Waals surface area contributed by atoms with Crippen LogP contribution in [0.2, 0.25) is 0 Å². The smallest absolute Gasteiger partial charge is 0.145 e. The van der Waals surface area contributed by atoms with Crippen LogP contribution in [0.3, 0.4) is 0 Å². The van der Waals surface area contributed by atoms with Crippen molar-refractivity contribution in [3.8, 4) is 17.0 Å². The first kappa shape index (κ1) is 17.5. The van der Waals surface area contributed by atoms with Gasteiger partial charge in [0.1, 0.15) is 17.1 Å². The van der Waals surface area contributed by atoms with Crippen molar-refractivity contribution in [1.29, 1.82) is 0 Å². The highest BCUT2D eigenvalue weighted by Crippen LogP contribution is 2.37. The maximum atomic E-state index is 13.9. The molecule has 2 aromatic carbocycles. The van der Waals surface area contributed by atoms with Crippen molar-refractivity contribution in [2.24, 2.45) is 5.73 Å². The number of nitrogens with two attached hydrogens (primary N) is 1. The molecule has 0 aliphatic rings. The lowest BCUT2D eigenvalue weighted by Gasteiger charge is -2.11. The zero-order valence-corrected chi connectivity index (χ0v) is 15.3.